The summed E-state index contributed by atoms with van der Waals surface area (Å²) in [6.07, 6.45) is 7.91. The molecule has 1 N–H and O–H groups in total. The minimum atomic E-state index is 0.501. The van der Waals surface area contributed by atoms with Crippen molar-refractivity contribution < 1.29 is 9.47 Å². The Labute approximate surface area is 130 Å². The van der Waals surface area contributed by atoms with Crippen molar-refractivity contribution in [2.24, 2.45) is 0 Å². The first kappa shape index (κ1) is 17.8. The predicted octanol–water partition coefficient (Wildman–Crippen LogP) is 4.87. The summed E-state index contributed by atoms with van der Waals surface area (Å²) in [7, 11) is 1.68. The van der Waals surface area contributed by atoms with Gasteiger partial charge in [-0.3, -0.25) is 0 Å². The Balaban J connectivity index is 2.27. The van der Waals surface area contributed by atoms with Crippen LogP contribution in [0.5, 0.6) is 5.75 Å². The molecule has 1 unspecified atom stereocenters. The van der Waals surface area contributed by atoms with Crippen LogP contribution in [0.1, 0.15) is 52.4 Å². The number of unbranched alkanes of at least 4 members (excludes halogenated alkanes) is 4. The molecule has 0 heterocycles. The first-order chi connectivity index (χ1) is 10.3. The van der Waals surface area contributed by atoms with Gasteiger partial charge >= 0.3 is 0 Å². The molecule has 0 fully saturated rings. The van der Waals surface area contributed by atoms with Crippen molar-refractivity contribution in [3.63, 3.8) is 0 Å². The summed E-state index contributed by atoms with van der Waals surface area (Å²) in [4.78, 5) is 0. The maximum atomic E-state index is 5.63. The second-order valence-corrected chi connectivity index (χ2v) is 5.62. The number of hydrogen-bond donors (Lipinski definition) is 1. The van der Waals surface area contributed by atoms with Crippen LogP contribution in [-0.4, -0.2) is 26.4 Å². The van der Waals surface area contributed by atoms with E-state index in [0.717, 1.165) is 11.4 Å². The van der Waals surface area contributed by atoms with E-state index in [9.17, 15) is 0 Å². The zero-order valence-corrected chi connectivity index (χ0v) is 13.9. The zero-order valence-electron chi connectivity index (χ0n) is 13.9. The summed E-state index contributed by atoms with van der Waals surface area (Å²) < 4.78 is 10.6. The molecule has 0 saturated heterocycles. The molecule has 3 nitrogen and oxygen atoms in total. The smallest absolute Gasteiger partial charge is 0.121 e. The molecule has 1 aromatic rings. The summed E-state index contributed by atoms with van der Waals surface area (Å²) in [5, 5.41) is 3.55. The van der Waals surface area contributed by atoms with Crippen LogP contribution in [0.15, 0.2) is 24.3 Å². The molecule has 120 valence electrons. The third kappa shape index (κ3) is 8.61. The van der Waals surface area contributed by atoms with Gasteiger partial charge < -0.3 is 14.8 Å². The summed E-state index contributed by atoms with van der Waals surface area (Å²) >= 11 is 0. The van der Waals surface area contributed by atoms with E-state index in [2.05, 4.69) is 31.3 Å². The van der Waals surface area contributed by atoms with Crippen LogP contribution in [0.3, 0.4) is 0 Å². The fourth-order valence-corrected chi connectivity index (χ4v) is 2.33. The van der Waals surface area contributed by atoms with Crippen LogP contribution >= 0.6 is 0 Å². The number of anilines is 1. The summed E-state index contributed by atoms with van der Waals surface area (Å²) in [6, 6.07) is 8.66. The molecule has 0 bridgehead atoms. The molecule has 1 atom stereocenters. The summed E-state index contributed by atoms with van der Waals surface area (Å²) in [5.41, 5.74) is 1.13. The topological polar surface area (TPSA) is 30.5 Å². The van der Waals surface area contributed by atoms with E-state index in [1.807, 2.05) is 12.1 Å². The largest absolute Gasteiger partial charge is 0.491 e. The first-order valence-corrected chi connectivity index (χ1v) is 8.24. The van der Waals surface area contributed by atoms with E-state index in [-0.39, 0.29) is 0 Å². The van der Waals surface area contributed by atoms with Gasteiger partial charge in [0.05, 0.1) is 6.61 Å². The molecular weight excluding hydrogens is 262 g/mol. The van der Waals surface area contributed by atoms with E-state index < -0.39 is 0 Å². The van der Waals surface area contributed by atoms with Crippen molar-refractivity contribution in [2.45, 2.75) is 58.4 Å². The van der Waals surface area contributed by atoms with Gasteiger partial charge in [-0.15, -0.1) is 0 Å². The average Bonchev–Trinajstić information content (AvgIpc) is 2.48. The Bertz CT molecular complexity index is 368. The van der Waals surface area contributed by atoms with Gasteiger partial charge in [-0.2, -0.15) is 0 Å². The van der Waals surface area contributed by atoms with Gasteiger partial charge in [-0.25, -0.2) is 0 Å². The SMILES string of the molecule is CCCCCCCC(C)Nc1cccc(OCCOC)c1. The second kappa shape index (κ2) is 11.4. The fourth-order valence-electron chi connectivity index (χ4n) is 2.33. The number of rotatable bonds is 12. The Morgan fingerprint density at radius 3 is 2.67 bits per heavy atom. The highest BCUT2D eigenvalue weighted by molar-refractivity contribution is 5.48. The van der Waals surface area contributed by atoms with Gasteiger partial charge in [0.2, 0.25) is 0 Å². The van der Waals surface area contributed by atoms with Crippen LogP contribution in [0.2, 0.25) is 0 Å². The van der Waals surface area contributed by atoms with Crippen molar-refractivity contribution in [3.8, 4) is 5.75 Å². The second-order valence-electron chi connectivity index (χ2n) is 5.62. The van der Waals surface area contributed by atoms with E-state index in [4.69, 9.17) is 9.47 Å². The quantitative estimate of drug-likeness (QED) is 0.558. The van der Waals surface area contributed by atoms with E-state index in [0.29, 0.717) is 19.3 Å². The molecule has 1 aromatic carbocycles. The van der Waals surface area contributed by atoms with Gasteiger partial charge in [-0.1, -0.05) is 45.1 Å². The Morgan fingerprint density at radius 2 is 1.90 bits per heavy atom. The van der Waals surface area contributed by atoms with Crippen LogP contribution in [0.4, 0.5) is 5.69 Å². The van der Waals surface area contributed by atoms with E-state index in [1.165, 1.54) is 38.5 Å². The predicted molar refractivity (Wildman–Crippen MR) is 90.3 cm³/mol. The molecule has 0 spiro atoms. The lowest BCUT2D eigenvalue weighted by atomic mass is 10.1. The lowest BCUT2D eigenvalue weighted by Crippen LogP contribution is -2.15. The molecule has 0 aromatic heterocycles. The van der Waals surface area contributed by atoms with Crippen LogP contribution in [0.25, 0.3) is 0 Å². The van der Waals surface area contributed by atoms with Crippen LogP contribution in [0, 0.1) is 0 Å². The van der Waals surface area contributed by atoms with E-state index >= 15 is 0 Å². The molecule has 21 heavy (non-hydrogen) atoms. The molecule has 0 aliphatic carbocycles. The maximum Gasteiger partial charge on any atom is 0.121 e. The molecule has 0 saturated carbocycles. The highest BCUT2D eigenvalue weighted by atomic mass is 16.5. The van der Waals surface area contributed by atoms with Crippen molar-refractivity contribution in [1.82, 2.24) is 0 Å². The molecule has 0 aliphatic rings. The minimum absolute atomic E-state index is 0.501. The maximum absolute atomic E-state index is 5.63. The number of nitrogens with one attached hydrogen (secondary N) is 1. The minimum Gasteiger partial charge on any atom is -0.491 e. The number of hydrogen-bond acceptors (Lipinski definition) is 3. The van der Waals surface area contributed by atoms with Gasteiger partial charge in [0.1, 0.15) is 12.4 Å². The molecule has 1 rings (SSSR count). The zero-order chi connectivity index (χ0) is 15.3. The van der Waals surface area contributed by atoms with Crippen LogP contribution in [-0.2, 0) is 4.74 Å². The highest BCUT2D eigenvalue weighted by Crippen LogP contribution is 2.19. The molecule has 0 aliphatic heterocycles. The first-order valence-electron chi connectivity index (χ1n) is 8.24. The lowest BCUT2D eigenvalue weighted by molar-refractivity contribution is 0.146. The fraction of sp³-hybridized carbons (Fsp3) is 0.667. The summed E-state index contributed by atoms with van der Waals surface area (Å²) in [5.74, 6) is 0.896. The van der Waals surface area contributed by atoms with Gasteiger partial charge in [-0.05, 0) is 25.5 Å². The summed E-state index contributed by atoms with van der Waals surface area (Å²) in [6.45, 7) is 5.71. The van der Waals surface area contributed by atoms with Gasteiger partial charge in [0.15, 0.2) is 0 Å². The Kier molecular flexibility index (Phi) is 9.71. The number of benzene rings is 1. The van der Waals surface area contributed by atoms with Crippen LogP contribution < -0.4 is 10.1 Å². The number of methoxy groups -OCH3 is 1. The molecule has 0 amide bonds. The lowest BCUT2D eigenvalue weighted by Gasteiger charge is -2.16. The molecule has 3 heteroatoms. The average molecular weight is 293 g/mol. The molecular formula is C18H31NO2. The highest BCUT2D eigenvalue weighted by Gasteiger charge is 2.03. The normalized spacial score (nSPS) is 12.1. The number of ether oxygens (including phenoxy) is 2. The Hall–Kier alpha value is -1.22. The van der Waals surface area contributed by atoms with Gasteiger partial charge in [0, 0.05) is 24.9 Å². The van der Waals surface area contributed by atoms with Crippen molar-refractivity contribution >= 4 is 5.69 Å². The third-order valence-corrected chi connectivity index (χ3v) is 3.54. The Morgan fingerprint density at radius 1 is 1.10 bits per heavy atom. The van der Waals surface area contributed by atoms with Crippen molar-refractivity contribution in [3.05, 3.63) is 24.3 Å². The molecule has 0 radical (unpaired) electrons. The van der Waals surface area contributed by atoms with E-state index in [1.54, 1.807) is 7.11 Å². The van der Waals surface area contributed by atoms with Crippen molar-refractivity contribution in [2.75, 3.05) is 25.6 Å². The van der Waals surface area contributed by atoms with Gasteiger partial charge in [0.25, 0.3) is 0 Å². The third-order valence-electron chi connectivity index (χ3n) is 3.54. The monoisotopic (exact) mass is 293 g/mol. The standard InChI is InChI=1S/C18H31NO2/c1-4-5-6-7-8-10-16(2)19-17-11-9-12-18(15-17)21-14-13-20-3/h9,11-12,15-16,19H,4-8,10,13-14H2,1-3H3. The van der Waals surface area contributed by atoms with Crippen molar-refractivity contribution in [1.29, 1.82) is 0 Å².